The standard InChI is InChI=1S/C13H19NO3/c1-5-9(4)17-12-7-10(13(15)16)6-11(14-12)8(2)3/h6-9H,5H2,1-4H3,(H,15,16). The maximum absolute atomic E-state index is 11.0. The first kappa shape index (κ1) is 13.5. The van der Waals surface area contributed by atoms with Crippen molar-refractivity contribution in [2.45, 2.75) is 46.1 Å². The summed E-state index contributed by atoms with van der Waals surface area (Å²) in [4.78, 5) is 15.3. The first-order valence-electron chi connectivity index (χ1n) is 5.86. The van der Waals surface area contributed by atoms with Gasteiger partial charge in [0.2, 0.25) is 5.88 Å². The van der Waals surface area contributed by atoms with Crippen LogP contribution in [0.1, 0.15) is 56.1 Å². The molecule has 0 aliphatic rings. The molecule has 0 aromatic carbocycles. The van der Waals surface area contributed by atoms with Gasteiger partial charge in [0.05, 0.1) is 11.7 Å². The van der Waals surface area contributed by atoms with Gasteiger partial charge in [-0.1, -0.05) is 20.8 Å². The lowest BCUT2D eigenvalue weighted by molar-refractivity contribution is 0.0695. The molecule has 0 aliphatic heterocycles. The van der Waals surface area contributed by atoms with E-state index >= 15 is 0 Å². The molecule has 0 aliphatic carbocycles. The molecule has 1 rings (SSSR count). The zero-order chi connectivity index (χ0) is 13.0. The number of aromatic nitrogens is 1. The van der Waals surface area contributed by atoms with Crippen molar-refractivity contribution in [2.24, 2.45) is 0 Å². The Morgan fingerprint density at radius 1 is 1.41 bits per heavy atom. The number of nitrogens with zero attached hydrogens (tertiary/aromatic N) is 1. The summed E-state index contributed by atoms with van der Waals surface area (Å²) in [5, 5.41) is 9.02. The molecule has 4 nitrogen and oxygen atoms in total. The molecule has 1 N–H and O–H groups in total. The quantitative estimate of drug-likeness (QED) is 0.854. The minimum atomic E-state index is -0.955. The number of aromatic carboxylic acids is 1. The van der Waals surface area contributed by atoms with Crippen molar-refractivity contribution in [3.63, 3.8) is 0 Å². The van der Waals surface area contributed by atoms with Crippen molar-refractivity contribution in [2.75, 3.05) is 0 Å². The van der Waals surface area contributed by atoms with E-state index in [1.54, 1.807) is 6.07 Å². The fourth-order valence-corrected chi connectivity index (χ4v) is 1.29. The van der Waals surface area contributed by atoms with Crippen LogP contribution in [0.25, 0.3) is 0 Å². The van der Waals surface area contributed by atoms with Crippen LogP contribution in [0, 0.1) is 0 Å². The second kappa shape index (κ2) is 5.66. The topological polar surface area (TPSA) is 59.4 Å². The van der Waals surface area contributed by atoms with Crippen LogP contribution in [-0.4, -0.2) is 22.2 Å². The van der Waals surface area contributed by atoms with E-state index in [0.29, 0.717) is 5.88 Å². The number of carboxylic acid groups (broad SMARTS) is 1. The Balaban J connectivity index is 3.08. The molecule has 17 heavy (non-hydrogen) atoms. The van der Waals surface area contributed by atoms with Crippen molar-refractivity contribution in [1.29, 1.82) is 0 Å². The average molecular weight is 237 g/mol. The molecule has 1 atom stereocenters. The fourth-order valence-electron chi connectivity index (χ4n) is 1.29. The van der Waals surface area contributed by atoms with Crippen LogP contribution >= 0.6 is 0 Å². The van der Waals surface area contributed by atoms with Crippen molar-refractivity contribution in [1.82, 2.24) is 4.98 Å². The van der Waals surface area contributed by atoms with Crippen LogP contribution in [0.5, 0.6) is 5.88 Å². The summed E-state index contributed by atoms with van der Waals surface area (Å²) in [6.07, 6.45) is 0.891. The van der Waals surface area contributed by atoms with Gasteiger partial charge in [0, 0.05) is 11.8 Å². The lowest BCUT2D eigenvalue weighted by Crippen LogP contribution is -2.12. The van der Waals surface area contributed by atoms with Crippen LogP contribution in [0.2, 0.25) is 0 Å². The molecular formula is C13H19NO3. The summed E-state index contributed by atoms with van der Waals surface area (Å²) in [5.41, 5.74) is 0.963. The van der Waals surface area contributed by atoms with E-state index in [2.05, 4.69) is 4.98 Å². The second-order valence-corrected chi connectivity index (χ2v) is 4.42. The molecule has 0 radical (unpaired) electrons. The third kappa shape index (κ3) is 3.73. The molecule has 1 aromatic heterocycles. The predicted molar refractivity (Wildman–Crippen MR) is 65.7 cm³/mol. The highest BCUT2D eigenvalue weighted by Crippen LogP contribution is 2.20. The minimum absolute atomic E-state index is 0.0338. The maximum Gasteiger partial charge on any atom is 0.335 e. The smallest absolute Gasteiger partial charge is 0.335 e. The molecule has 0 amide bonds. The van der Waals surface area contributed by atoms with Gasteiger partial charge < -0.3 is 9.84 Å². The van der Waals surface area contributed by atoms with Gasteiger partial charge in [-0.05, 0) is 25.3 Å². The normalized spacial score (nSPS) is 12.5. The van der Waals surface area contributed by atoms with Gasteiger partial charge >= 0.3 is 5.97 Å². The molecule has 94 valence electrons. The Hall–Kier alpha value is -1.58. The Morgan fingerprint density at radius 3 is 2.53 bits per heavy atom. The van der Waals surface area contributed by atoms with Crippen LogP contribution in [0.4, 0.5) is 0 Å². The monoisotopic (exact) mass is 237 g/mol. The van der Waals surface area contributed by atoms with Gasteiger partial charge in [-0.15, -0.1) is 0 Å². The molecule has 1 unspecified atom stereocenters. The molecule has 0 saturated heterocycles. The molecule has 1 heterocycles. The van der Waals surface area contributed by atoms with Crippen LogP contribution < -0.4 is 4.74 Å². The van der Waals surface area contributed by atoms with Gasteiger partial charge in [0.1, 0.15) is 0 Å². The molecule has 0 bridgehead atoms. The molecule has 0 spiro atoms. The van der Waals surface area contributed by atoms with E-state index in [-0.39, 0.29) is 17.6 Å². The van der Waals surface area contributed by atoms with Gasteiger partial charge in [-0.25, -0.2) is 9.78 Å². The SMILES string of the molecule is CCC(C)Oc1cc(C(=O)O)cc(C(C)C)n1. The number of rotatable bonds is 5. The predicted octanol–water partition coefficient (Wildman–Crippen LogP) is 3.08. The summed E-state index contributed by atoms with van der Waals surface area (Å²) in [7, 11) is 0. The van der Waals surface area contributed by atoms with Crippen molar-refractivity contribution < 1.29 is 14.6 Å². The summed E-state index contributed by atoms with van der Waals surface area (Å²) < 4.78 is 5.57. The summed E-state index contributed by atoms with van der Waals surface area (Å²) in [6.45, 7) is 7.89. The number of carbonyl (C=O) groups is 1. The van der Waals surface area contributed by atoms with Crippen LogP contribution in [0.15, 0.2) is 12.1 Å². The number of carboxylic acids is 1. The van der Waals surface area contributed by atoms with E-state index in [1.165, 1.54) is 6.07 Å². The first-order valence-corrected chi connectivity index (χ1v) is 5.86. The molecule has 4 heteroatoms. The number of ether oxygens (including phenoxy) is 1. The minimum Gasteiger partial charge on any atom is -0.478 e. The van der Waals surface area contributed by atoms with E-state index in [4.69, 9.17) is 9.84 Å². The van der Waals surface area contributed by atoms with E-state index in [9.17, 15) is 4.79 Å². The van der Waals surface area contributed by atoms with Crippen LogP contribution in [0.3, 0.4) is 0 Å². The van der Waals surface area contributed by atoms with Gasteiger partial charge in [0.25, 0.3) is 0 Å². The lowest BCUT2D eigenvalue weighted by Gasteiger charge is -2.14. The third-order valence-corrected chi connectivity index (χ3v) is 2.56. The Labute approximate surface area is 102 Å². The molecule has 1 aromatic rings. The number of hydrogen-bond acceptors (Lipinski definition) is 3. The van der Waals surface area contributed by atoms with Crippen LogP contribution in [-0.2, 0) is 0 Å². The van der Waals surface area contributed by atoms with Gasteiger partial charge in [-0.3, -0.25) is 0 Å². The van der Waals surface area contributed by atoms with Crippen molar-refractivity contribution >= 4 is 5.97 Å². The highest BCUT2D eigenvalue weighted by molar-refractivity contribution is 5.88. The van der Waals surface area contributed by atoms with Gasteiger partial charge in [0.15, 0.2) is 0 Å². The van der Waals surface area contributed by atoms with E-state index < -0.39 is 5.97 Å². The zero-order valence-corrected chi connectivity index (χ0v) is 10.7. The van der Waals surface area contributed by atoms with E-state index in [0.717, 1.165) is 12.1 Å². The molecular weight excluding hydrogens is 218 g/mol. The maximum atomic E-state index is 11.0. The van der Waals surface area contributed by atoms with E-state index in [1.807, 2.05) is 27.7 Å². The largest absolute Gasteiger partial charge is 0.478 e. The summed E-state index contributed by atoms with van der Waals surface area (Å²) in [5.74, 6) is -0.389. The number of pyridine rings is 1. The zero-order valence-electron chi connectivity index (χ0n) is 10.7. The highest BCUT2D eigenvalue weighted by Gasteiger charge is 2.12. The summed E-state index contributed by atoms with van der Waals surface area (Å²) >= 11 is 0. The van der Waals surface area contributed by atoms with Gasteiger partial charge in [-0.2, -0.15) is 0 Å². The van der Waals surface area contributed by atoms with Crippen molar-refractivity contribution in [3.8, 4) is 5.88 Å². The lowest BCUT2D eigenvalue weighted by atomic mass is 10.1. The fraction of sp³-hybridized carbons (Fsp3) is 0.538. The Kier molecular flexibility index (Phi) is 4.49. The van der Waals surface area contributed by atoms with Crippen molar-refractivity contribution in [3.05, 3.63) is 23.4 Å². The average Bonchev–Trinajstić information content (AvgIpc) is 2.28. The first-order chi connectivity index (χ1) is 7.93. The molecule has 0 fully saturated rings. The second-order valence-electron chi connectivity index (χ2n) is 4.42. The molecule has 0 saturated carbocycles. The third-order valence-electron chi connectivity index (χ3n) is 2.56. The highest BCUT2D eigenvalue weighted by atomic mass is 16.5. The number of hydrogen-bond donors (Lipinski definition) is 1. The summed E-state index contributed by atoms with van der Waals surface area (Å²) in [6, 6.07) is 3.07. The Morgan fingerprint density at radius 2 is 2.06 bits per heavy atom. The Bertz CT molecular complexity index is 402.